The second-order valence-corrected chi connectivity index (χ2v) is 5.48. The van der Waals surface area contributed by atoms with Crippen molar-refractivity contribution in [1.29, 1.82) is 0 Å². The number of carbonyl (C=O) groups is 1. The summed E-state index contributed by atoms with van der Waals surface area (Å²) in [5.74, 6) is 0.507. The molecule has 0 saturated heterocycles. The highest BCUT2D eigenvalue weighted by molar-refractivity contribution is 6.03. The van der Waals surface area contributed by atoms with Crippen molar-refractivity contribution in [2.75, 3.05) is 10.6 Å². The zero-order valence-corrected chi connectivity index (χ0v) is 12.9. The summed E-state index contributed by atoms with van der Waals surface area (Å²) in [6, 6.07) is 11.6. The number of amides is 1. The molecule has 0 saturated carbocycles. The van der Waals surface area contributed by atoms with E-state index in [0.717, 1.165) is 11.3 Å². The van der Waals surface area contributed by atoms with Crippen LogP contribution in [-0.4, -0.2) is 16.9 Å². The number of hydrogen-bond acceptors (Lipinski definition) is 3. The summed E-state index contributed by atoms with van der Waals surface area (Å²) in [6.07, 6.45) is 0. The van der Waals surface area contributed by atoms with Gasteiger partial charge in [0.25, 0.3) is 5.91 Å². The Kier molecular flexibility index (Phi) is 4.58. The van der Waals surface area contributed by atoms with E-state index in [1.165, 1.54) is 5.56 Å². The van der Waals surface area contributed by atoms with E-state index in [-0.39, 0.29) is 11.9 Å². The van der Waals surface area contributed by atoms with E-state index in [4.69, 9.17) is 0 Å². The average Bonchev–Trinajstić information content (AvgIpc) is 2.41. The number of nitrogens with one attached hydrogen (secondary N) is 2. The molecular formula is C17H21N3O. The lowest BCUT2D eigenvalue weighted by Crippen LogP contribution is -2.17. The molecule has 4 nitrogen and oxygen atoms in total. The molecule has 1 amide bonds. The van der Waals surface area contributed by atoms with Gasteiger partial charge in [0.2, 0.25) is 0 Å². The molecule has 1 aromatic carbocycles. The van der Waals surface area contributed by atoms with Crippen LogP contribution in [0.3, 0.4) is 0 Å². The van der Waals surface area contributed by atoms with Crippen molar-refractivity contribution in [2.24, 2.45) is 0 Å². The van der Waals surface area contributed by atoms with Gasteiger partial charge < -0.3 is 10.6 Å². The number of nitrogens with zero attached hydrogens (tertiary/aromatic N) is 1. The second-order valence-electron chi connectivity index (χ2n) is 5.48. The Morgan fingerprint density at radius 3 is 2.57 bits per heavy atom. The Morgan fingerprint density at radius 2 is 1.90 bits per heavy atom. The van der Waals surface area contributed by atoms with E-state index < -0.39 is 0 Å². The first-order valence-electron chi connectivity index (χ1n) is 7.08. The molecule has 0 unspecified atom stereocenters. The molecule has 0 aliphatic carbocycles. The molecule has 1 heterocycles. The molecule has 4 heteroatoms. The van der Waals surface area contributed by atoms with Crippen molar-refractivity contribution in [3.05, 3.63) is 53.2 Å². The van der Waals surface area contributed by atoms with Crippen LogP contribution in [0.5, 0.6) is 0 Å². The predicted octanol–water partition coefficient (Wildman–Crippen LogP) is 3.77. The molecule has 0 bridgehead atoms. The first-order chi connectivity index (χ1) is 9.95. The van der Waals surface area contributed by atoms with Crippen LogP contribution in [-0.2, 0) is 0 Å². The molecule has 0 aliphatic heterocycles. The Morgan fingerprint density at radius 1 is 1.14 bits per heavy atom. The molecule has 0 atom stereocenters. The van der Waals surface area contributed by atoms with Crippen molar-refractivity contribution < 1.29 is 4.79 Å². The lowest BCUT2D eigenvalue weighted by molar-refractivity contribution is 0.102. The average molecular weight is 283 g/mol. The first kappa shape index (κ1) is 15.0. The molecule has 0 spiro atoms. The molecule has 0 fully saturated rings. The summed E-state index contributed by atoms with van der Waals surface area (Å²) in [5, 5.41) is 6.10. The monoisotopic (exact) mass is 283 g/mol. The summed E-state index contributed by atoms with van der Waals surface area (Å²) in [4.78, 5) is 16.6. The fourth-order valence-corrected chi connectivity index (χ4v) is 2.08. The largest absolute Gasteiger partial charge is 0.368 e. The summed E-state index contributed by atoms with van der Waals surface area (Å²) >= 11 is 0. The summed E-state index contributed by atoms with van der Waals surface area (Å²) in [5.41, 5.74) is 3.43. The Balaban J connectivity index is 2.16. The maximum absolute atomic E-state index is 12.3. The van der Waals surface area contributed by atoms with Gasteiger partial charge in [0.15, 0.2) is 0 Å². The van der Waals surface area contributed by atoms with Gasteiger partial charge in [-0.3, -0.25) is 4.79 Å². The molecule has 0 aliphatic rings. The molecule has 0 radical (unpaired) electrons. The highest BCUT2D eigenvalue weighted by Gasteiger charge is 2.10. The predicted molar refractivity (Wildman–Crippen MR) is 86.9 cm³/mol. The number of rotatable bonds is 4. The zero-order valence-electron chi connectivity index (χ0n) is 12.9. The molecule has 2 N–H and O–H groups in total. The highest BCUT2D eigenvalue weighted by Crippen LogP contribution is 2.17. The zero-order chi connectivity index (χ0) is 15.4. The summed E-state index contributed by atoms with van der Waals surface area (Å²) in [6.45, 7) is 8.07. The third kappa shape index (κ3) is 4.05. The number of pyridine rings is 1. The molecule has 1 aromatic heterocycles. The fourth-order valence-electron chi connectivity index (χ4n) is 2.08. The number of benzene rings is 1. The topological polar surface area (TPSA) is 54.0 Å². The number of carbonyl (C=O) groups excluding carboxylic acids is 1. The molecule has 2 rings (SSSR count). The summed E-state index contributed by atoms with van der Waals surface area (Å²) < 4.78 is 0. The van der Waals surface area contributed by atoms with E-state index >= 15 is 0 Å². The SMILES string of the molecule is Cc1ccc(NC(=O)c2cccc(NC(C)C)n2)c(C)c1. The van der Waals surface area contributed by atoms with Crippen LogP contribution in [0.25, 0.3) is 0 Å². The van der Waals surface area contributed by atoms with Crippen LogP contribution in [0.15, 0.2) is 36.4 Å². The van der Waals surface area contributed by atoms with Crippen molar-refractivity contribution >= 4 is 17.4 Å². The van der Waals surface area contributed by atoms with Gasteiger partial charge in [-0.1, -0.05) is 23.8 Å². The van der Waals surface area contributed by atoms with Crippen LogP contribution >= 0.6 is 0 Å². The summed E-state index contributed by atoms with van der Waals surface area (Å²) in [7, 11) is 0. The Labute approximate surface area is 125 Å². The molecular weight excluding hydrogens is 262 g/mol. The van der Waals surface area contributed by atoms with Gasteiger partial charge in [-0.2, -0.15) is 0 Å². The fraction of sp³-hybridized carbons (Fsp3) is 0.294. The standard InChI is InChI=1S/C17H21N3O/c1-11(2)18-16-7-5-6-15(19-16)17(21)20-14-9-8-12(3)10-13(14)4/h5-11H,1-4H3,(H,18,19)(H,20,21). The van der Waals surface area contributed by atoms with Crippen LogP contribution in [0.2, 0.25) is 0 Å². The normalized spacial score (nSPS) is 10.5. The van der Waals surface area contributed by atoms with Gasteiger partial charge in [0, 0.05) is 11.7 Å². The smallest absolute Gasteiger partial charge is 0.274 e. The molecule has 21 heavy (non-hydrogen) atoms. The van der Waals surface area contributed by atoms with E-state index in [0.29, 0.717) is 11.5 Å². The van der Waals surface area contributed by atoms with Crippen LogP contribution < -0.4 is 10.6 Å². The van der Waals surface area contributed by atoms with Gasteiger partial charge in [-0.15, -0.1) is 0 Å². The Bertz CT molecular complexity index is 650. The van der Waals surface area contributed by atoms with Gasteiger partial charge in [0.1, 0.15) is 11.5 Å². The van der Waals surface area contributed by atoms with Crippen molar-refractivity contribution in [3.8, 4) is 0 Å². The third-order valence-electron chi connectivity index (χ3n) is 3.05. The van der Waals surface area contributed by atoms with E-state index in [2.05, 4.69) is 15.6 Å². The second kappa shape index (κ2) is 6.39. The van der Waals surface area contributed by atoms with Gasteiger partial charge in [0.05, 0.1) is 0 Å². The van der Waals surface area contributed by atoms with Gasteiger partial charge in [-0.25, -0.2) is 4.98 Å². The minimum atomic E-state index is -0.200. The van der Waals surface area contributed by atoms with Crippen LogP contribution in [0.1, 0.15) is 35.5 Å². The lowest BCUT2D eigenvalue weighted by Gasteiger charge is -2.11. The molecule has 2 aromatic rings. The third-order valence-corrected chi connectivity index (χ3v) is 3.05. The van der Waals surface area contributed by atoms with Crippen molar-refractivity contribution in [3.63, 3.8) is 0 Å². The van der Waals surface area contributed by atoms with E-state index in [1.54, 1.807) is 6.07 Å². The first-order valence-corrected chi connectivity index (χ1v) is 7.08. The van der Waals surface area contributed by atoms with Crippen LogP contribution in [0, 0.1) is 13.8 Å². The number of aryl methyl sites for hydroxylation is 2. The maximum Gasteiger partial charge on any atom is 0.274 e. The van der Waals surface area contributed by atoms with E-state index in [9.17, 15) is 4.79 Å². The van der Waals surface area contributed by atoms with Crippen molar-refractivity contribution in [1.82, 2.24) is 4.98 Å². The van der Waals surface area contributed by atoms with E-state index in [1.807, 2.05) is 58.0 Å². The minimum absolute atomic E-state index is 0.200. The minimum Gasteiger partial charge on any atom is -0.368 e. The quantitative estimate of drug-likeness (QED) is 0.898. The molecule has 110 valence electrons. The lowest BCUT2D eigenvalue weighted by atomic mass is 10.1. The van der Waals surface area contributed by atoms with Crippen molar-refractivity contribution in [2.45, 2.75) is 33.7 Å². The Hall–Kier alpha value is -2.36. The maximum atomic E-state index is 12.3. The van der Waals surface area contributed by atoms with Gasteiger partial charge >= 0.3 is 0 Å². The van der Waals surface area contributed by atoms with Gasteiger partial charge in [-0.05, 0) is 51.5 Å². The number of anilines is 2. The highest BCUT2D eigenvalue weighted by atomic mass is 16.1. The van der Waals surface area contributed by atoms with Crippen LogP contribution in [0.4, 0.5) is 11.5 Å². The number of aromatic nitrogens is 1. The number of hydrogen-bond donors (Lipinski definition) is 2.